The van der Waals surface area contributed by atoms with Crippen LogP contribution in [0.1, 0.15) is 5.89 Å². The van der Waals surface area contributed by atoms with Crippen molar-refractivity contribution in [3.05, 3.63) is 24.1 Å². The maximum Gasteiger partial charge on any atom is 0.208 e. The van der Waals surface area contributed by atoms with Gasteiger partial charge in [0, 0.05) is 28.8 Å². The predicted molar refractivity (Wildman–Crippen MR) is 56.2 cm³/mol. The van der Waals surface area contributed by atoms with Crippen LogP contribution in [0.2, 0.25) is 0 Å². The molecule has 1 aromatic carbocycles. The number of nitrogens with two attached hydrogens (primary N) is 1. The molecule has 74 valence electrons. The number of benzene rings is 1. The Labute approximate surface area is 83.6 Å². The molecule has 1 unspecified atom stereocenters. The molecule has 0 aliphatic heterocycles. The zero-order valence-corrected chi connectivity index (χ0v) is 8.50. The van der Waals surface area contributed by atoms with Crippen LogP contribution in [0.4, 0.5) is 5.69 Å². The lowest BCUT2D eigenvalue weighted by Crippen LogP contribution is -1.91. The Morgan fingerprint density at radius 3 is 3.07 bits per heavy atom. The third-order valence-electron chi connectivity index (χ3n) is 1.78. The minimum Gasteiger partial charge on any atom is -0.440 e. The fourth-order valence-electron chi connectivity index (χ4n) is 1.22. The van der Waals surface area contributed by atoms with E-state index < -0.39 is 10.8 Å². The van der Waals surface area contributed by atoms with E-state index in [-0.39, 0.29) is 0 Å². The third kappa shape index (κ3) is 1.77. The minimum atomic E-state index is -0.936. The molecule has 0 saturated carbocycles. The molecular formula is C9H10N2O2S. The van der Waals surface area contributed by atoms with Crippen molar-refractivity contribution in [3.8, 4) is 0 Å². The molecule has 0 saturated heterocycles. The SMILES string of the molecule is CS(=O)Cc1nc2ccc(N)cc2o1. The quantitative estimate of drug-likeness (QED) is 0.758. The molecule has 1 aromatic heterocycles. The van der Waals surface area contributed by atoms with Crippen molar-refractivity contribution in [2.75, 3.05) is 12.0 Å². The van der Waals surface area contributed by atoms with Gasteiger partial charge in [-0.2, -0.15) is 0 Å². The van der Waals surface area contributed by atoms with Gasteiger partial charge in [-0.15, -0.1) is 0 Å². The largest absolute Gasteiger partial charge is 0.440 e. The summed E-state index contributed by atoms with van der Waals surface area (Å²) >= 11 is 0. The molecule has 14 heavy (non-hydrogen) atoms. The van der Waals surface area contributed by atoms with Crippen molar-refractivity contribution in [2.45, 2.75) is 5.75 Å². The normalized spacial score (nSPS) is 13.2. The third-order valence-corrected chi connectivity index (χ3v) is 2.44. The van der Waals surface area contributed by atoms with Gasteiger partial charge in [0.05, 0.1) is 5.75 Å². The first kappa shape index (κ1) is 9.21. The lowest BCUT2D eigenvalue weighted by atomic mass is 10.3. The molecule has 0 bridgehead atoms. The molecule has 2 N–H and O–H groups in total. The smallest absolute Gasteiger partial charge is 0.208 e. The Kier molecular flexibility index (Phi) is 2.25. The van der Waals surface area contributed by atoms with Gasteiger partial charge in [0.2, 0.25) is 5.89 Å². The summed E-state index contributed by atoms with van der Waals surface area (Å²) in [7, 11) is -0.936. The van der Waals surface area contributed by atoms with Crippen LogP contribution in [0.15, 0.2) is 22.6 Å². The van der Waals surface area contributed by atoms with Crippen LogP contribution in [0, 0.1) is 0 Å². The fraction of sp³-hybridized carbons (Fsp3) is 0.222. The van der Waals surface area contributed by atoms with Crippen molar-refractivity contribution in [1.82, 2.24) is 4.98 Å². The lowest BCUT2D eigenvalue weighted by Gasteiger charge is -1.88. The first-order valence-electron chi connectivity index (χ1n) is 4.10. The molecule has 1 atom stereocenters. The Hall–Kier alpha value is -1.36. The van der Waals surface area contributed by atoms with E-state index in [2.05, 4.69) is 4.98 Å². The van der Waals surface area contributed by atoms with E-state index in [1.54, 1.807) is 24.5 Å². The van der Waals surface area contributed by atoms with Crippen molar-refractivity contribution < 1.29 is 8.63 Å². The van der Waals surface area contributed by atoms with Crippen LogP contribution in [-0.2, 0) is 16.6 Å². The van der Waals surface area contributed by atoms with Gasteiger partial charge in [-0.1, -0.05) is 0 Å². The Balaban J connectivity index is 2.46. The number of hydrogen-bond acceptors (Lipinski definition) is 4. The standard InChI is InChI=1S/C9H10N2O2S/c1-14(12)5-9-11-7-3-2-6(10)4-8(7)13-9/h2-4H,5,10H2,1H3. The molecule has 0 radical (unpaired) electrons. The molecule has 0 fully saturated rings. The zero-order valence-electron chi connectivity index (χ0n) is 7.69. The highest BCUT2D eigenvalue weighted by atomic mass is 32.2. The van der Waals surface area contributed by atoms with E-state index in [1.165, 1.54) is 0 Å². The lowest BCUT2D eigenvalue weighted by molar-refractivity contribution is 0.553. The highest BCUT2D eigenvalue weighted by Gasteiger charge is 2.06. The molecule has 5 heteroatoms. The average Bonchev–Trinajstić information content (AvgIpc) is 2.44. The molecule has 0 amide bonds. The van der Waals surface area contributed by atoms with Gasteiger partial charge in [-0.05, 0) is 12.1 Å². The Morgan fingerprint density at radius 2 is 2.36 bits per heavy atom. The highest BCUT2D eigenvalue weighted by molar-refractivity contribution is 7.83. The molecule has 2 aromatic rings. The summed E-state index contributed by atoms with van der Waals surface area (Å²) in [6, 6.07) is 5.26. The van der Waals surface area contributed by atoms with Crippen LogP contribution >= 0.6 is 0 Å². The van der Waals surface area contributed by atoms with Crippen molar-refractivity contribution in [3.63, 3.8) is 0 Å². The van der Waals surface area contributed by atoms with Gasteiger partial charge in [0.25, 0.3) is 0 Å². The monoisotopic (exact) mass is 210 g/mol. The van der Waals surface area contributed by atoms with Gasteiger partial charge in [-0.25, -0.2) is 4.98 Å². The molecule has 4 nitrogen and oxygen atoms in total. The second-order valence-corrected chi connectivity index (χ2v) is 4.49. The van der Waals surface area contributed by atoms with Crippen molar-refractivity contribution in [2.24, 2.45) is 0 Å². The van der Waals surface area contributed by atoms with Crippen LogP contribution in [0.3, 0.4) is 0 Å². The molecule has 1 heterocycles. The van der Waals surface area contributed by atoms with Gasteiger partial charge < -0.3 is 10.2 Å². The Morgan fingerprint density at radius 1 is 1.57 bits per heavy atom. The highest BCUT2D eigenvalue weighted by Crippen LogP contribution is 2.18. The van der Waals surface area contributed by atoms with Crippen molar-refractivity contribution >= 4 is 27.6 Å². The van der Waals surface area contributed by atoms with E-state index in [0.29, 0.717) is 22.9 Å². The van der Waals surface area contributed by atoms with Crippen LogP contribution < -0.4 is 5.73 Å². The summed E-state index contributed by atoms with van der Waals surface area (Å²) in [5.41, 5.74) is 7.62. The van der Waals surface area contributed by atoms with E-state index in [0.717, 1.165) is 5.52 Å². The molecule has 2 rings (SSSR count). The number of fused-ring (bicyclic) bond motifs is 1. The van der Waals surface area contributed by atoms with Gasteiger partial charge in [0.1, 0.15) is 5.52 Å². The van der Waals surface area contributed by atoms with E-state index >= 15 is 0 Å². The number of oxazole rings is 1. The van der Waals surface area contributed by atoms with Gasteiger partial charge in [-0.3, -0.25) is 4.21 Å². The van der Waals surface area contributed by atoms with E-state index in [4.69, 9.17) is 10.2 Å². The summed E-state index contributed by atoms with van der Waals surface area (Å²) in [4.78, 5) is 4.18. The fourth-order valence-corrected chi connectivity index (χ4v) is 1.70. The summed E-state index contributed by atoms with van der Waals surface area (Å²) in [6.45, 7) is 0. The van der Waals surface area contributed by atoms with E-state index in [1.807, 2.05) is 0 Å². The number of nitrogen functional groups attached to an aromatic ring is 1. The maximum atomic E-state index is 10.9. The molecule has 0 aliphatic carbocycles. The summed E-state index contributed by atoms with van der Waals surface area (Å²) in [6.07, 6.45) is 1.61. The van der Waals surface area contributed by atoms with Crippen LogP contribution in [0.5, 0.6) is 0 Å². The maximum absolute atomic E-state index is 10.9. The second-order valence-electron chi connectivity index (χ2n) is 3.05. The number of rotatable bonds is 2. The molecule has 0 aliphatic rings. The van der Waals surface area contributed by atoms with Crippen molar-refractivity contribution in [1.29, 1.82) is 0 Å². The predicted octanol–water partition coefficient (Wildman–Crippen LogP) is 1.29. The average molecular weight is 210 g/mol. The summed E-state index contributed by atoms with van der Waals surface area (Å²) < 4.78 is 16.3. The van der Waals surface area contributed by atoms with Gasteiger partial charge in [0.15, 0.2) is 5.58 Å². The first-order chi connectivity index (χ1) is 6.65. The number of nitrogens with zero attached hydrogens (tertiary/aromatic N) is 1. The zero-order chi connectivity index (χ0) is 10.1. The van der Waals surface area contributed by atoms with Crippen LogP contribution in [0.25, 0.3) is 11.1 Å². The first-order valence-corrected chi connectivity index (χ1v) is 5.83. The minimum absolute atomic E-state index is 0.342. The summed E-state index contributed by atoms with van der Waals surface area (Å²) in [5, 5.41) is 0. The second kappa shape index (κ2) is 3.42. The van der Waals surface area contributed by atoms with Crippen LogP contribution in [-0.4, -0.2) is 15.4 Å². The Bertz CT molecular complexity index is 493. The molecular weight excluding hydrogens is 200 g/mol. The number of anilines is 1. The van der Waals surface area contributed by atoms with Gasteiger partial charge >= 0.3 is 0 Å². The number of hydrogen-bond donors (Lipinski definition) is 1. The topological polar surface area (TPSA) is 69.1 Å². The van der Waals surface area contributed by atoms with E-state index in [9.17, 15) is 4.21 Å². The number of aromatic nitrogens is 1. The summed E-state index contributed by atoms with van der Waals surface area (Å²) in [5.74, 6) is 0.834. The molecule has 0 spiro atoms.